The van der Waals surface area contributed by atoms with E-state index in [2.05, 4.69) is 50.3 Å². The molecule has 2 rings (SSSR count). The SMILES string of the molecule is CC1C(C2=CC=CCC2)=CC=CC1(C)N. The second kappa shape index (κ2) is 3.82. The fourth-order valence-corrected chi connectivity index (χ4v) is 2.21. The number of hydrogen-bond donors (Lipinski definition) is 1. The van der Waals surface area contributed by atoms with Gasteiger partial charge in [0.2, 0.25) is 0 Å². The molecule has 80 valence electrons. The van der Waals surface area contributed by atoms with Crippen LogP contribution in [0.3, 0.4) is 0 Å². The molecule has 1 heteroatoms. The van der Waals surface area contributed by atoms with Gasteiger partial charge in [0.05, 0.1) is 0 Å². The average Bonchev–Trinajstić information content (AvgIpc) is 2.23. The molecule has 0 aromatic heterocycles. The van der Waals surface area contributed by atoms with Crippen LogP contribution < -0.4 is 5.73 Å². The van der Waals surface area contributed by atoms with E-state index in [9.17, 15) is 0 Å². The van der Waals surface area contributed by atoms with Crippen LogP contribution in [0.15, 0.2) is 47.6 Å². The minimum Gasteiger partial charge on any atom is -0.322 e. The quantitative estimate of drug-likeness (QED) is 0.693. The lowest BCUT2D eigenvalue weighted by atomic mass is 9.75. The number of nitrogens with two attached hydrogens (primary N) is 1. The maximum absolute atomic E-state index is 6.25. The first kappa shape index (κ1) is 10.4. The molecule has 0 heterocycles. The average molecular weight is 201 g/mol. The van der Waals surface area contributed by atoms with Crippen molar-refractivity contribution in [2.24, 2.45) is 11.7 Å². The highest BCUT2D eigenvalue weighted by molar-refractivity contribution is 5.44. The summed E-state index contributed by atoms with van der Waals surface area (Å²) in [4.78, 5) is 0. The molecule has 2 unspecified atom stereocenters. The molecular formula is C14H19N. The van der Waals surface area contributed by atoms with Crippen molar-refractivity contribution in [2.75, 3.05) is 0 Å². The van der Waals surface area contributed by atoms with Crippen molar-refractivity contribution in [1.82, 2.24) is 0 Å². The third kappa shape index (κ3) is 1.98. The summed E-state index contributed by atoms with van der Waals surface area (Å²) in [5, 5.41) is 0. The van der Waals surface area contributed by atoms with Gasteiger partial charge in [-0.25, -0.2) is 0 Å². The van der Waals surface area contributed by atoms with Crippen molar-refractivity contribution in [3.8, 4) is 0 Å². The Hall–Kier alpha value is -1.08. The van der Waals surface area contributed by atoms with Gasteiger partial charge in [-0.15, -0.1) is 0 Å². The predicted molar refractivity (Wildman–Crippen MR) is 65.4 cm³/mol. The molecule has 0 bridgehead atoms. The molecule has 0 radical (unpaired) electrons. The van der Waals surface area contributed by atoms with E-state index in [1.807, 2.05) is 0 Å². The van der Waals surface area contributed by atoms with E-state index in [-0.39, 0.29) is 5.54 Å². The van der Waals surface area contributed by atoms with Crippen LogP contribution in [-0.4, -0.2) is 5.54 Å². The smallest absolute Gasteiger partial charge is 0.0380 e. The fraction of sp³-hybridized carbons (Fsp3) is 0.429. The Morgan fingerprint density at radius 2 is 2.13 bits per heavy atom. The van der Waals surface area contributed by atoms with Crippen LogP contribution in [0.1, 0.15) is 26.7 Å². The number of allylic oxidation sites excluding steroid dienone is 6. The van der Waals surface area contributed by atoms with Crippen molar-refractivity contribution in [1.29, 1.82) is 0 Å². The molecule has 0 aromatic rings. The van der Waals surface area contributed by atoms with Crippen LogP contribution in [0.25, 0.3) is 0 Å². The van der Waals surface area contributed by atoms with Gasteiger partial charge in [-0.1, -0.05) is 43.4 Å². The minimum absolute atomic E-state index is 0.202. The zero-order chi connectivity index (χ0) is 10.9. The van der Waals surface area contributed by atoms with E-state index < -0.39 is 0 Å². The van der Waals surface area contributed by atoms with Gasteiger partial charge in [-0.2, -0.15) is 0 Å². The van der Waals surface area contributed by atoms with Gasteiger partial charge in [0.1, 0.15) is 0 Å². The summed E-state index contributed by atoms with van der Waals surface area (Å²) < 4.78 is 0. The van der Waals surface area contributed by atoms with Crippen LogP contribution in [0.4, 0.5) is 0 Å². The van der Waals surface area contributed by atoms with Gasteiger partial charge in [0.15, 0.2) is 0 Å². The molecule has 1 nitrogen and oxygen atoms in total. The molecular weight excluding hydrogens is 182 g/mol. The summed E-state index contributed by atoms with van der Waals surface area (Å²) in [6, 6.07) is 0. The van der Waals surface area contributed by atoms with Crippen LogP contribution >= 0.6 is 0 Å². The monoisotopic (exact) mass is 201 g/mol. The van der Waals surface area contributed by atoms with Crippen LogP contribution in [0.2, 0.25) is 0 Å². The highest BCUT2D eigenvalue weighted by Crippen LogP contribution is 2.34. The van der Waals surface area contributed by atoms with E-state index in [1.54, 1.807) is 0 Å². The molecule has 0 spiro atoms. The van der Waals surface area contributed by atoms with E-state index in [4.69, 9.17) is 5.73 Å². The molecule has 0 aromatic carbocycles. The summed E-state index contributed by atoms with van der Waals surface area (Å²) in [5.41, 5.74) is 8.90. The van der Waals surface area contributed by atoms with Crippen molar-refractivity contribution in [3.05, 3.63) is 47.6 Å². The van der Waals surface area contributed by atoms with Crippen LogP contribution in [-0.2, 0) is 0 Å². The molecule has 2 aliphatic carbocycles. The van der Waals surface area contributed by atoms with E-state index in [0.29, 0.717) is 5.92 Å². The van der Waals surface area contributed by atoms with Gasteiger partial charge >= 0.3 is 0 Å². The molecule has 0 aliphatic heterocycles. The largest absolute Gasteiger partial charge is 0.322 e. The Bertz CT molecular complexity index is 367. The lowest BCUT2D eigenvalue weighted by Gasteiger charge is -2.34. The summed E-state index contributed by atoms with van der Waals surface area (Å²) in [6.07, 6.45) is 15.3. The molecule has 0 saturated carbocycles. The van der Waals surface area contributed by atoms with Crippen molar-refractivity contribution < 1.29 is 0 Å². The molecule has 0 fully saturated rings. The molecule has 2 atom stereocenters. The Labute approximate surface area is 92.1 Å². The zero-order valence-electron chi connectivity index (χ0n) is 9.53. The molecule has 2 aliphatic rings. The van der Waals surface area contributed by atoms with Gasteiger partial charge in [0.25, 0.3) is 0 Å². The minimum atomic E-state index is -0.202. The maximum Gasteiger partial charge on any atom is 0.0380 e. The summed E-state index contributed by atoms with van der Waals surface area (Å²) in [7, 11) is 0. The first-order chi connectivity index (χ1) is 7.11. The lowest BCUT2D eigenvalue weighted by molar-refractivity contribution is 0.436. The van der Waals surface area contributed by atoms with E-state index in [0.717, 1.165) is 12.8 Å². The first-order valence-electron chi connectivity index (χ1n) is 5.65. The standard InChI is InChI=1S/C14H19N/c1-11-13(9-6-10-14(11,2)15)12-7-4-3-5-8-12/h3-4,6-7,9-11H,5,8,15H2,1-2H3. The predicted octanol–water partition coefficient (Wildman–Crippen LogP) is 3.11. The van der Waals surface area contributed by atoms with Crippen molar-refractivity contribution in [3.63, 3.8) is 0 Å². The lowest BCUT2D eigenvalue weighted by Crippen LogP contribution is -2.43. The third-order valence-electron chi connectivity index (χ3n) is 3.52. The first-order valence-corrected chi connectivity index (χ1v) is 5.65. The highest BCUT2D eigenvalue weighted by atomic mass is 14.7. The van der Waals surface area contributed by atoms with Gasteiger partial charge in [-0.05, 0) is 30.9 Å². The third-order valence-corrected chi connectivity index (χ3v) is 3.52. The fourth-order valence-electron chi connectivity index (χ4n) is 2.21. The van der Waals surface area contributed by atoms with Gasteiger partial charge in [0, 0.05) is 11.5 Å². The summed E-state index contributed by atoms with van der Waals surface area (Å²) >= 11 is 0. The van der Waals surface area contributed by atoms with Crippen LogP contribution in [0, 0.1) is 5.92 Å². The van der Waals surface area contributed by atoms with Gasteiger partial charge < -0.3 is 5.73 Å². The Balaban J connectivity index is 2.30. The molecule has 15 heavy (non-hydrogen) atoms. The Morgan fingerprint density at radius 3 is 2.80 bits per heavy atom. The van der Waals surface area contributed by atoms with Crippen molar-refractivity contribution >= 4 is 0 Å². The maximum atomic E-state index is 6.25. The summed E-state index contributed by atoms with van der Waals surface area (Å²) in [5.74, 6) is 0.403. The van der Waals surface area contributed by atoms with E-state index >= 15 is 0 Å². The Kier molecular flexibility index (Phi) is 2.66. The molecule has 0 amide bonds. The second-order valence-electron chi connectivity index (χ2n) is 4.73. The van der Waals surface area contributed by atoms with Crippen LogP contribution in [0.5, 0.6) is 0 Å². The summed E-state index contributed by atoms with van der Waals surface area (Å²) in [6.45, 7) is 4.31. The highest BCUT2D eigenvalue weighted by Gasteiger charge is 2.29. The van der Waals surface area contributed by atoms with E-state index in [1.165, 1.54) is 11.1 Å². The van der Waals surface area contributed by atoms with Gasteiger partial charge in [-0.3, -0.25) is 0 Å². The molecule has 0 saturated heterocycles. The van der Waals surface area contributed by atoms with Crippen molar-refractivity contribution in [2.45, 2.75) is 32.2 Å². The molecule has 2 N–H and O–H groups in total. The zero-order valence-corrected chi connectivity index (χ0v) is 9.53. The topological polar surface area (TPSA) is 26.0 Å². The normalized spacial score (nSPS) is 35.0. The number of hydrogen-bond acceptors (Lipinski definition) is 1. The number of rotatable bonds is 1. The Morgan fingerprint density at radius 1 is 1.33 bits per heavy atom. The second-order valence-corrected chi connectivity index (χ2v) is 4.73.